The standard InChI is InChI=1S/C19H41N/c1-8-14-19(5,6)15-13-17(9-2)18(20-7)12-10-11-16(3)4/h16-18,20H,8-15H2,1-7H3. The molecule has 0 amide bonds. The van der Waals surface area contributed by atoms with Gasteiger partial charge in [0.25, 0.3) is 0 Å². The van der Waals surface area contributed by atoms with E-state index in [1.165, 1.54) is 51.4 Å². The van der Waals surface area contributed by atoms with Crippen molar-refractivity contribution in [3.8, 4) is 0 Å². The van der Waals surface area contributed by atoms with Crippen LogP contribution in [0.3, 0.4) is 0 Å². The molecule has 20 heavy (non-hydrogen) atoms. The Kier molecular flexibility index (Phi) is 10.6. The Bertz CT molecular complexity index is 220. The minimum Gasteiger partial charge on any atom is -0.317 e. The smallest absolute Gasteiger partial charge is 0.00922 e. The predicted molar refractivity (Wildman–Crippen MR) is 93.2 cm³/mol. The maximum absolute atomic E-state index is 3.60. The van der Waals surface area contributed by atoms with Gasteiger partial charge in [0.1, 0.15) is 0 Å². The molecule has 0 spiro atoms. The highest BCUT2D eigenvalue weighted by molar-refractivity contribution is 4.78. The highest BCUT2D eigenvalue weighted by Gasteiger charge is 2.23. The second-order valence-corrected chi connectivity index (χ2v) is 7.84. The summed E-state index contributed by atoms with van der Waals surface area (Å²) in [6, 6.07) is 0.719. The molecule has 1 heteroatoms. The van der Waals surface area contributed by atoms with Gasteiger partial charge in [-0.05, 0) is 50.0 Å². The van der Waals surface area contributed by atoms with Crippen LogP contribution in [0, 0.1) is 17.3 Å². The summed E-state index contributed by atoms with van der Waals surface area (Å²) in [5.74, 6) is 1.69. The third-order valence-corrected chi connectivity index (χ3v) is 4.88. The van der Waals surface area contributed by atoms with E-state index >= 15 is 0 Å². The van der Waals surface area contributed by atoms with E-state index in [1.807, 2.05) is 0 Å². The largest absolute Gasteiger partial charge is 0.317 e. The molecule has 0 bridgehead atoms. The summed E-state index contributed by atoms with van der Waals surface area (Å²) in [4.78, 5) is 0. The second-order valence-electron chi connectivity index (χ2n) is 7.84. The maximum Gasteiger partial charge on any atom is 0.00922 e. The van der Waals surface area contributed by atoms with Crippen molar-refractivity contribution >= 4 is 0 Å². The molecular weight excluding hydrogens is 242 g/mol. The van der Waals surface area contributed by atoms with Gasteiger partial charge in [-0.25, -0.2) is 0 Å². The summed E-state index contributed by atoms with van der Waals surface area (Å²) in [5.41, 5.74) is 0.526. The first-order valence-corrected chi connectivity index (χ1v) is 9.03. The lowest BCUT2D eigenvalue weighted by Gasteiger charge is -2.31. The Morgan fingerprint density at radius 2 is 1.60 bits per heavy atom. The van der Waals surface area contributed by atoms with Crippen LogP contribution in [0.15, 0.2) is 0 Å². The van der Waals surface area contributed by atoms with Gasteiger partial charge in [0.05, 0.1) is 0 Å². The molecule has 122 valence electrons. The fourth-order valence-electron chi connectivity index (χ4n) is 3.43. The van der Waals surface area contributed by atoms with Crippen LogP contribution in [0.1, 0.15) is 92.9 Å². The minimum absolute atomic E-state index is 0.526. The zero-order valence-corrected chi connectivity index (χ0v) is 15.4. The van der Waals surface area contributed by atoms with E-state index in [0.29, 0.717) is 5.41 Å². The average molecular weight is 284 g/mol. The van der Waals surface area contributed by atoms with Crippen LogP contribution in [0.2, 0.25) is 0 Å². The van der Waals surface area contributed by atoms with Crippen LogP contribution in [0.5, 0.6) is 0 Å². The number of nitrogens with one attached hydrogen (secondary N) is 1. The van der Waals surface area contributed by atoms with E-state index in [9.17, 15) is 0 Å². The summed E-state index contributed by atoms with van der Waals surface area (Å²) in [6.45, 7) is 14.2. The van der Waals surface area contributed by atoms with Crippen molar-refractivity contribution in [3.63, 3.8) is 0 Å². The van der Waals surface area contributed by atoms with Gasteiger partial charge in [-0.1, -0.05) is 67.2 Å². The Morgan fingerprint density at radius 1 is 0.950 bits per heavy atom. The average Bonchev–Trinajstić information content (AvgIpc) is 2.36. The molecule has 2 atom stereocenters. The lowest BCUT2D eigenvalue weighted by Crippen LogP contribution is -2.34. The van der Waals surface area contributed by atoms with Crippen LogP contribution in [-0.4, -0.2) is 13.1 Å². The molecule has 0 heterocycles. The minimum atomic E-state index is 0.526. The molecule has 0 aromatic carbocycles. The quantitative estimate of drug-likeness (QED) is 0.461. The van der Waals surface area contributed by atoms with Crippen LogP contribution < -0.4 is 5.32 Å². The van der Waals surface area contributed by atoms with Gasteiger partial charge in [-0.2, -0.15) is 0 Å². The van der Waals surface area contributed by atoms with Crippen molar-refractivity contribution < 1.29 is 0 Å². The second kappa shape index (κ2) is 10.7. The first-order valence-electron chi connectivity index (χ1n) is 9.03. The fourth-order valence-corrected chi connectivity index (χ4v) is 3.43. The van der Waals surface area contributed by atoms with Gasteiger partial charge in [-0.3, -0.25) is 0 Å². The molecular formula is C19H41N. The lowest BCUT2D eigenvalue weighted by atomic mass is 9.78. The first kappa shape index (κ1) is 20.0. The van der Waals surface area contributed by atoms with Gasteiger partial charge >= 0.3 is 0 Å². The van der Waals surface area contributed by atoms with Crippen LogP contribution in [0.25, 0.3) is 0 Å². The fraction of sp³-hybridized carbons (Fsp3) is 1.00. The first-order chi connectivity index (χ1) is 9.36. The van der Waals surface area contributed by atoms with E-state index in [0.717, 1.165) is 17.9 Å². The van der Waals surface area contributed by atoms with E-state index < -0.39 is 0 Å². The van der Waals surface area contributed by atoms with Gasteiger partial charge in [0.2, 0.25) is 0 Å². The van der Waals surface area contributed by atoms with Gasteiger partial charge < -0.3 is 5.32 Å². The summed E-state index contributed by atoms with van der Waals surface area (Å²) < 4.78 is 0. The molecule has 1 N–H and O–H groups in total. The normalized spacial score (nSPS) is 15.6. The molecule has 0 saturated carbocycles. The van der Waals surface area contributed by atoms with Crippen molar-refractivity contribution in [2.75, 3.05) is 7.05 Å². The predicted octanol–water partition coefficient (Wildman–Crippen LogP) is 6.03. The van der Waals surface area contributed by atoms with Crippen molar-refractivity contribution in [2.45, 2.75) is 99.0 Å². The monoisotopic (exact) mass is 283 g/mol. The Hall–Kier alpha value is -0.0400. The SMILES string of the molecule is CCCC(C)(C)CCC(CC)C(CCCC(C)C)NC. The lowest BCUT2D eigenvalue weighted by molar-refractivity contribution is 0.234. The Morgan fingerprint density at radius 3 is 2.05 bits per heavy atom. The molecule has 0 radical (unpaired) electrons. The number of hydrogen-bond donors (Lipinski definition) is 1. The summed E-state index contributed by atoms with van der Waals surface area (Å²) >= 11 is 0. The van der Waals surface area contributed by atoms with Crippen LogP contribution in [-0.2, 0) is 0 Å². The molecule has 0 aliphatic carbocycles. The van der Waals surface area contributed by atoms with E-state index in [-0.39, 0.29) is 0 Å². The molecule has 0 rings (SSSR count). The van der Waals surface area contributed by atoms with Crippen LogP contribution in [0.4, 0.5) is 0 Å². The van der Waals surface area contributed by atoms with Crippen molar-refractivity contribution in [3.05, 3.63) is 0 Å². The van der Waals surface area contributed by atoms with Gasteiger partial charge in [-0.15, -0.1) is 0 Å². The van der Waals surface area contributed by atoms with Gasteiger partial charge in [0, 0.05) is 6.04 Å². The third-order valence-electron chi connectivity index (χ3n) is 4.88. The molecule has 0 aromatic rings. The van der Waals surface area contributed by atoms with E-state index in [2.05, 4.69) is 53.9 Å². The number of rotatable bonds is 12. The van der Waals surface area contributed by atoms with E-state index in [1.54, 1.807) is 0 Å². The topological polar surface area (TPSA) is 12.0 Å². The summed E-state index contributed by atoms with van der Waals surface area (Å²) in [6.07, 6.45) is 10.8. The van der Waals surface area contributed by atoms with E-state index in [4.69, 9.17) is 0 Å². The van der Waals surface area contributed by atoms with Crippen molar-refractivity contribution in [1.29, 1.82) is 0 Å². The molecule has 1 nitrogen and oxygen atoms in total. The molecule has 2 unspecified atom stereocenters. The maximum atomic E-state index is 3.60. The Balaban J connectivity index is 4.24. The zero-order valence-electron chi connectivity index (χ0n) is 15.4. The highest BCUT2D eigenvalue weighted by Crippen LogP contribution is 2.32. The van der Waals surface area contributed by atoms with Crippen LogP contribution >= 0.6 is 0 Å². The molecule has 0 aromatic heterocycles. The zero-order chi connectivity index (χ0) is 15.6. The third kappa shape index (κ3) is 9.00. The van der Waals surface area contributed by atoms with Gasteiger partial charge in [0.15, 0.2) is 0 Å². The van der Waals surface area contributed by atoms with Crippen molar-refractivity contribution in [2.24, 2.45) is 17.3 Å². The summed E-state index contributed by atoms with van der Waals surface area (Å²) in [5, 5.41) is 3.60. The Labute approximate surface area is 129 Å². The molecule has 0 fully saturated rings. The molecule has 0 saturated heterocycles. The molecule has 0 aliphatic rings. The highest BCUT2D eigenvalue weighted by atomic mass is 14.9. The molecule has 0 aliphatic heterocycles. The number of hydrogen-bond acceptors (Lipinski definition) is 1. The van der Waals surface area contributed by atoms with Crippen molar-refractivity contribution in [1.82, 2.24) is 5.32 Å². The summed E-state index contributed by atoms with van der Waals surface area (Å²) in [7, 11) is 2.15.